The number of carbonyl (C=O) groups excluding carboxylic acids is 1. The number of hydrogen-bond acceptors (Lipinski definition) is 4. The molecule has 0 spiro atoms. The molecule has 1 aromatic heterocycles. The van der Waals surface area contributed by atoms with Crippen LogP contribution in [0.25, 0.3) is 11.3 Å². The Kier molecular flexibility index (Phi) is 8.58. The molecule has 43 heavy (non-hydrogen) atoms. The van der Waals surface area contributed by atoms with E-state index in [1.165, 1.54) is 4.68 Å². The summed E-state index contributed by atoms with van der Waals surface area (Å²) in [7, 11) is 0. The van der Waals surface area contributed by atoms with E-state index in [4.69, 9.17) is 9.84 Å². The highest BCUT2D eigenvalue weighted by Crippen LogP contribution is 2.28. The van der Waals surface area contributed by atoms with E-state index in [1.54, 1.807) is 4.57 Å². The normalized spacial score (nSPS) is 12.0. The van der Waals surface area contributed by atoms with Crippen molar-refractivity contribution in [3.8, 4) is 11.3 Å². The third-order valence-electron chi connectivity index (χ3n) is 7.18. The number of aromatic nitrogens is 2. The molecule has 1 heterocycles. The molecule has 0 saturated heterocycles. The minimum Gasteiger partial charge on any atom is -0.458 e. The molecule has 0 bridgehead atoms. The van der Waals surface area contributed by atoms with Gasteiger partial charge in [0.15, 0.2) is 0 Å². The summed E-state index contributed by atoms with van der Waals surface area (Å²) in [6, 6.07) is 36.4. The predicted octanol–water partition coefficient (Wildman–Crippen LogP) is 7.36. The zero-order valence-electron chi connectivity index (χ0n) is 25.3. The lowest BCUT2D eigenvalue weighted by atomic mass is 10.0. The number of rotatable bonds is 8. The minimum absolute atomic E-state index is 0.293. The largest absolute Gasteiger partial charge is 0.458 e. The highest BCUT2D eigenvalue weighted by Gasteiger charge is 2.32. The van der Waals surface area contributed by atoms with Gasteiger partial charge in [0.1, 0.15) is 11.6 Å². The Balaban J connectivity index is 1.79. The van der Waals surface area contributed by atoms with Crippen molar-refractivity contribution in [2.24, 2.45) is 5.10 Å². The summed E-state index contributed by atoms with van der Waals surface area (Å²) in [5.41, 5.74) is 5.34. The summed E-state index contributed by atoms with van der Waals surface area (Å²) in [4.78, 5) is 28.4. The van der Waals surface area contributed by atoms with Crippen molar-refractivity contribution in [1.29, 1.82) is 0 Å². The van der Waals surface area contributed by atoms with Gasteiger partial charge in [0, 0.05) is 28.8 Å². The Morgan fingerprint density at radius 3 is 1.79 bits per heavy atom. The molecule has 6 heteroatoms. The number of hydrogen-bond donors (Lipinski definition) is 0. The number of nitrogens with zero attached hydrogens (tertiary/aromatic N) is 3. The Morgan fingerprint density at radius 1 is 0.767 bits per heavy atom. The number of carbonyl (C=O) groups is 1. The van der Waals surface area contributed by atoms with E-state index < -0.39 is 23.3 Å². The highest BCUT2D eigenvalue weighted by atomic mass is 16.6. The van der Waals surface area contributed by atoms with Crippen LogP contribution in [0.5, 0.6) is 0 Å². The van der Waals surface area contributed by atoms with Gasteiger partial charge in [-0.3, -0.25) is 4.57 Å². The summed E-state index contributed by atoms with van der Waals surface area (Å²) in [5.74, 6) is -0.468. The number of esters is 1. The topological polar surface area (TPSA) is 65.6 Å². The first-order valence-electron chi connectivity index (χ1n) is 14.5. The maximum atomic E-state index is 14.6. The fourth-order valence-electron chi connectivity index (χ4n) is 5.17. The van der Waals surface area contributed by atoms with Crippen molar-refractivity contribution in [3.63, 3.8) is 0 Å². The van der Waals surface area contributed by atoms with Crippen LogP contribution in [0.2, 0.25) is 0 Å². The molecule has 1 atom stereocenters. The van der Waals surface area contributed by atoms with Crippen LogP contribution in [0.3, 0.4) is 0 Å². The fourth-order valence-corrected chi connectivity index (χ4v) is 5.17. The number of imidazole rings is 1. The predicted molar refractivity (Wildman–Crippen MR) is 173 cm³/mol. The van der Waals surface area contributed by atoms with Crippen LogP contribution in [0, 0.1) is 13.8 Å². The zero-order chi connectivity index (χ0) is 30.6. The molecular weight excluding hydrogens is 534 g/mol. The standard InChI is InChI=1S/C37H37N3O3/c1-26-21-23-31(24-22-26)34-27(2)39(32(35(41)43-37(3,4)5)25-28-15-9-6-10-16-28)36(42)40(34)38-33(29-17-11-7-12-18-29)30-19-13-8-14-20-30/h6-24,32H,25H2,1-5H3. The molecule has 1 unspecified atom stereocenters. The van der Waals surface area contributed by atoms with E-state index in [1.807, 2.05) is 150 Å². The highest BCUT2D eigenvalue weighted by molar-refractivity contribution is 6.12. The molecule has 6 nitrogen and oxygen atoms in total. The van der Waals surface area contributed by atoms with Gasteiger partial charge in [-0.2, -0.15) is 9.78 Å². The molecule has 0 amide bonds. The monoisotopic (exact) mass is 571 g/mol. The van der Waals surface area contributed by atoms with E-state index in [0.717, 1.165) is 27.8 Å². The summed E-state index contributed by atoms with van der Waals surface area (Å²) in [5, 5.41) is 5.05. The number of aryl methyl sites for hydroxylation is 1. The van der Waals surface area contributed by atoms with Crippen molar-refractivity contribution in [2.45, 2.75) is 52.7 Å². The second-order valence-corrected chi connectivity index (χ2v) is 11.7. The van der Waals surface area contributed by atoms with Crippen molar-refractivity contribution in [1.82, 2.24) is 9.24 Å². The molecule has 0 fully saturated rings. The summed E-state index contributed by atoms with van der Waals surface area (Å²) < 4.78 is 8.87. The Morgan fingerprint density at radius 2 is 1.28 bits per heavy atom. The van der Waals surface area contributed by atoms with Gasteiger partial charge < -0.3 is 4.74 Å². The third kappa shape index (κ3) is 6.75. The molecule has 0 N–H and O–H groups in total. The van der Waals surface area contributed by atoms with Gasteiger partial charge in [-0.05, 0) is 40.2 Å². The van der Waals surface area contributed by atoms with Gasteiger partial charge in [-0.15, -0.1) is 0 Å². The van der Waals surface area contributed by atoms with Gasteiger partial charge in [-0.25, -0.2) is 9.59 Å². The second-order valence-electron chi connectivity index (χ2n) is 11.7. The van der Waals surface area contributed by atoms with Gasteiger partial charge >= 0.3 is 11.7 Å². The van der Waals surface area contributed by atoms with E-state index >= 15 is 0 Å². The van der Waals surface area contributed by atoms with Crippen molar-refractivity contribution in [3.05, 3.63) is 154 Å². The van der Waals surface area contributed by atoms with Gasteiger partial charge in [0.2, 0.25) is 0 Å². The summed E-state index contributed by atoms with van der Waals surface area (Å²) >= 11 is 0. The molecule has 0 radical (unpaired) electrons. The Hall–Kier alpha value is -4.97. The first kappa shape index (κ1) is 29.5. The van der Waals surface area contributed by atoms with Gasteiger partial charge in [-0.1, -0.05) is 121 Å². The van der Waals surface area contributed by atoms with Crippen molar-refractivity contribution < 1.29 is 9.53 Å². The van der Waals surface area contributed by atoms with Crippen LogP contribution in [-0.2, 0) is 16.0 Å². The van der Waals surface area contributed by atoms with Crippen LogP contribution < -0.4 is 5.69 Å². The third-order valence-corrected chi connectivity index (χ3v) is 7.18. The summed E-state index contributed by atoms with van der Waals surface area (Å²) in [6.45, 7) is 9.39. The number of ether oxygens (including phenoxy) is 1. The smallest absolute Gasteiger partial charge is 0.350 e. The summed E-state index contributed by atoms with van der Waals surface area (Å²) in [6.07, 6.45) is 0.293. The fraction of sp³-hybridized carbons (Fsp3) is 0.216. The molecule has 0 aliphatic rings. The molecule has 0 aliphatic carbocycles. The van der Waals surface area contributed by atoms with E-state index in [0.29, 0.717) is 23.5 Å². The molecule has 0 saturated carbocycles. The Labute approximate surface area is 252 Å². The van der Waals surface area contributed by atoms with Gasteiger partial charge in [0.05, 0.1) is 11.4 Å². The minimum atomic E-state index is -0.897. The lowest BCUT2D eigenvalue weighted by Gasteiger charge is -2.25. The van der Waals surface area contributed by atoms with E-state index in [2.05, 4.69) is 0 Å². The average Bonchev–Trinajstić information content (AvgIpc) is 3.24. The molecule has 5 aromatic rings. The zero-order valence-corrected chi connectivity index (χ0v) is 25.3. The maximum absolute atomic E-state index is 14.6. The van der Waals surface area contributed by atoms with Crippen LogP contribution in [0.1, 0.15) is 54.8 Å². The average molecular weight is 572 g/mol. The quantitative estimate of drug-likeness (QED) is 0.144. The molecule has 218 valence electrons. The van der Waals surface area contributed by atoms with E-state index in [-0.39, 0.29) is 0 Å². The molecule has 5 rings (SSSR count). The van der Waals surface area contributed by atoms with Crippen LogP contribution >= 0.6 is 0 Å². The maximum Gasteiger partial charge on any atom is 0.350 e. The van der Waals surface area contributed by atoms with Crippen LogP contribution in [0.15, 0.2) is 125 Å². The van der Waals surface area contributed by atoms with Gasteiger partial charge in [0.25, 0.3) is 0 Å². The first-order chi connectivity index (χ1) is 20.6. The number of benzene rings is 4. The lowest BCUT2D eigenvalue weighted by molar-refractivity contribution is -0.159. The van der Waals surface area contributed by atoms with Crippen molar-refractivity contribution >= 4 is 11.7 Å². The molecule has 4 aromatic carbocycles. The molecular formula is C37H37N3O3. The first-order valence-corrected chi connectivity index (χ1v) is 14.5. The lowest BCUT2D eigenvalue weighted by Crippen LogP contribution is -2.37. The Bertz CT molecular complexity index is 1740. The second kappa shape index (κ2) is 12.5. The van der Waals surface area contributed by atoms with Crippen LogP contribution in [0.4, 0.5) is 0 Å². The molecule has 0 aliphatic heterocycles. The SMILES string of the molecule is Cc1ccc(-c2c(C)n(C(Cc3ccccc3)C(=O)OC(C)(C)C)c(=O)n2N=C(c2ccccc2)c2ccccc2)cc1. The van der Waals surface area contributed by atoms with E-state index in [9.17, 15) is 9.59 Å². The van der Waals surface area contributed by atoms with Crippen LogP contribution in [-0.4, -0.2) is 26.5 Å². The van der Waals surface area contributed by atoms with Crippen molar-refractivity contribution in [2.75, 3.05) is 0 Å².